The highest BCUT2D eigenvalue weighted by atomic mass is 16.6. The van der Waals surface area contributed by atoms with E-state index in [4.69, 9.17) is 14.2 Å². The van der Waals surface area contributed by atoms with Crippen molar-refractivity contribution >= 4 is 17.9 Å². The second kappa shape index (κ2) is 49.3. The lowest BCUT2D eigenvalue weighted by atomic mass is 9.99. The Morgan fingerprint density at radius 3 is 0.734 bits per heavy atom. The van der Waals surface area contributed by atoms with Gasteiger partial charge in [-0.05, 0) is 37.0 Å². The second-order valence-corrected chi connectivity index (χ2v) is 20.7. The molecule has 0 aliphatic carbocycles. The molecule has 0 aromatic rings. The summed E-state index contributed by atoms with van der Waals surface area (Å²) in [5.41, 5.74) is 0. The fourth-order valence-electron chi connectivity index (χ4n) is 8.73. The van der Waals surface area contributed by atoms with Gasteiger partial charge < -0.3 is 14.2 Å². The Balaban J connectivity index is 4.31. The van der Waals surface area contributed by atoms with Crippen molar-refractivity contribution in [3.8, 4) is 0 Å². The van der Waals surface area contributed by atoms with Gasteiger partial charge in [0.2, 0.25) is 0 Å². The fraction of sp³-hybridized carbons (Fsp3) is 0.948. The van der Waals surface area contributed by atoms with Gasteiger partial charge in [-0.15, -0.1) is 0 Å². The standard InChI is InChI=1S/C58H112O6/c1-7-52(4)44-38-32-26-20-14-12-10-11-13-15-23-29-35-41-47-56(59)62-50-55(64-58(61)49-43-37-31-25-19-17-22-28-34-40-46-54(6)9-3)51-63-57(60)48-42-36-30-24-18-16-21-27-33-39-45-53(5)8-2/h52-55H,7-51H2,1-6H3/t52?,53?,54?,55-/m1/s1. The van der Waals surface area contributed by atoms with Gasteiger partial charge in [0.25, 0.3) is 0 Å². The summed E-state index contributed by atoms with van der Waals surface area (Å²) < 4.78 is 16.9. The third-order valence-electron chi connectivity index (χ3n) is 14.2. The monoisotopic (exact) mass is 905 g/mol. The molecule has 0 saturated carbocycles. The van der Waals surface area contributed by atoms with Crippen LogP contribution in [0.3, 0.4) is 0 Å². The molecule has 0 N–H and O–H groups in total. The largest absolute Gasteiger partial charge is 0.462 e. The molecule has 0 aromatic carbocycles. The molecule has 0 bridgehead atoms. The van der Waals surface area contributed by atoms with E-state index in [1.54, 1.807) is 0 Å². The Labute approximate surface area is 399 Å². The molecule has 0 heterocycles. The topological polar surface area (TPSA) is 78.9 Å². The molecule has 0 aromatic heterocycles. The van der Waals surface area contributed by atoms with Crippen molar-refractivity contribution in [1.82, 2.24) is 0 Å². The minimum atomic E-state index is -0.764. The second-order valence-electron chi connectivity index (χ2n) is 20.7. The molecule has 0 spiro atoms. The van der Waals surface area contributed by atoms with Crippen LogP contribution in [0.4, 0.5) is 0 Å². The van der Waals surface area contributed by atoms with Crippen molar-refractivity contribution < 1.29 is 28.6 Å². The summed E-state index contributed by atoms with van der Waals surface area (Å²) >= 11 is 0. The Morgan fingerprint density at radius 1 is 0.297 bits per heavy atom. The molecule has 380 valence electrons. The normalized spacial score (nSPS) is 13.4. The van der Waals surface area contributed by atoms with Gasteiger partial charge >= 0.3 is 17.9 Å². The summed E-state index contributed by atoms with van der Waals surface area (Å²) in [6.07, 6.45) is 50.7. The molecule has 6 nitrogen and oxygen atoms in total. The van der Waals surface area contributed by atoms with E-state index >= 15 is 0 Å². The number of unbranched alkanes of at least 4 members (excludes halogenated alkanes) is 31. The van der Waals surface area contributed by atoms with Gasteiger partial charge in [-0.25, -0.2) is 0 Å². The van der Waals surface area contributed by atoms with Crippen molar-refractivity contribution in [3.05, 3.63) is 0 Å². The number of esters is 3. The smallest absolute Gasteiger partial charge is 0.306 e. The molecule has 6 heteroatoms. The fourth-order valence-corrected chi connectivity index (χ4v) is 8.73. The third kappa shape index (κ3) is 46.9. The zero-order chi connectivity index (χ0) is 47.0. The average Bonchev–Trinajstić information content (AvgIpc) is 3.29. The molecular weight excluding hydrogens is 793 g/mol. The summed E-state index contributed by atoms with van der Waals surface area (Å²) in [6.45, 7) is 13.8. The Bertz CT molecular complexity index is 997. The number of hydrogen-bond donors (Lipinski definition) is 0. The van der Waals surface area contributed by atoms with Gasteiger partial charge in [-0.3, -0.25) is 14.4 Å². The maximum absolute atomic E-state index is 12.8. The minimum Gasteiger partial charge on any atom is -0.462 e. The number of carbonyl (C=O) groups is 3. The number of carbonyl (C=O) groups excluding carboxylic acids is 3. The van der Waals surface area contributed by atoms with E-state index in [-0.39, 0.29) is 31.1 Å². The van der Waals surface area contributed by atoms with Gasteiger partial charge in [0.05, 0.1) is 0 Å². The van der Waals surface area contributed by atoms with Crippen LogP contribution in [0, 0.1) is 17.8 Å². The first-order valence-electron chi connectivity index (χ1n) is 28.7. The van der Waals surface area contributed by atoms with E-state index in [1.807, 2.05) is 0 Å². The van der Waals surface area contributed by atoms with E-state index < -0.39 is 6.10 Å². The van der Waals surface area contributed by atoms with Crippen LogP contribution in [0.15, 0.2) is 0 Å². The SMILES string of the molecule is CCC(C)CCCCCCCCCCCCCCCCC(=O)OC[C@H](COC(=O)CCCCCCCCCCCCC(C)CC)OC(=O)CCCCCCCCCCCCC(C)CC. The van der Waals surface area contributed by atoms with E-state index in [0.29, 0.717) is 19.3 Å². The summed E-state index contributed by atoms with van der Waals surface area (Å²) in [5.74, 6) is 1.79. The average molecular weight is 906 g/mol. The highest BCUT2D eigenvalue weighted by Gasteiger charge is 2.19. The van der Waals surface area contributed by atoms with Crippen molar-refractivity contribution in [2.24, 2.45) is 17.8 Å². The van der Waals surface area contributed by atoms with Gasteiger partial charge in [-0.2, -0.15) is 0 Å². The predicted octanol–water partition coefficient (Wildman–Crippen LogP) is 18.7. The molecular formula is C58H112O6. The molecule has 0 saturated heterocycles. The van der Waals surface area contributed by atoms with E-state index in [2.05, 4.69) is 41.5 Å². The van der Waals surface area contributed by atoms with Gasteiger partial charge in [0.15, 0.2) is 6.10 Å². The van der Waals surface area contributed by atoms with E-state index in [0.717, 1.165) is 75.5 Å². The molecule has 4 atom stereocenters. The van der Waals surface area contributed by atoms with E-state index in [1.165, 1.54) is 199 Å². The number of ether oxygens (including phenoxy) is 3. The van der Waals surface area contributed by atoms with Crippen LogP contribution in [0.1, 0.15) is 318 Å². The van der Waals surface area contributed by atoms with Gasteiger partial charge in [-0.1, -0.05) is 279 Å². The van der Waals surface area contributed by atoms with Crippen LogP contribution < -0.4 is 0 Å². The lowest BCUT2D eigenvalue weighted by Crippen LogP contribution is -2.30. The molecule has 0 rings (SSSR count). The first-order chi connectivity index (χ1) is 31.2. The maximum Gasteiger partial charge on any atom is 0.306 e. The minimum absolute atomic E-state index is 0.0639. The Hall–Kier alpha value is -1.59. The highest BCUT2D eigenvalue weighted by molar-refractivity contribution is 5.71. The van der Waals surface area contributed by atoms with Crippen LogP contribution in [-0.4, -0.2) is 37.2 Å². The molecule has 64 heavy (non-hydrogen) atoms. The number of rotatable bonds is 51. The molecule has 0 radical (unpaired) electrons. The molecule has 0 fully saturated rings. The summed E-state index contributed by atoms with van der Waals surface area (Å²) in [5, 5.41) is 0. The Kier molecular flexibility index (Phi) is 48.1. The summed E-state index contributed by atoms with van der Waals surface area (Å²) in [6, 6.07) is 0. The lowest BCUT2D eigenvalue weighted by molar-refractivity contribution is -0.167. The van der Waals surface area contributed by atoms with Crippen LogP contribution in [0.2, 0.25) is 0 Å². The lowest BCUT2D eigenvalue weighted by Gasteiger charge is -2.18. The van der Waals surface area contributed by atoms with Gasteiger partial charge in [0.1, 0.15) is 13.2 Å². The van der Waals surface area contributed by atoms with Crippen molar-refractivity contribution in [1.29, 1.82) is 0 Å². The third-order valence-corrected chi connectivity index (χ3v) is 14.2. The highest BCUT2D eigenvalue weighted by Crippen LogP contribution is 2.19. The Morgan fingerprint density at radius 2 is 0.500 bits per heavy atom. The van der Waals surface area contributed by atoms with Crippen molar-refractivity contribution in [2.75, 3.05) is 13.2 Å². The first-order valence-corrected chi connectivity index (χ1v) is 28.7. The predicted molar refractivity (Wildman–Crippen MR) is 275 cm³/mol. The van der Waals surface area contributed by atoms with Crippen molar-refractivity contribution in [3.63, 3.8) is 0 Å². The zero-order valence-electron chi connectivity index (χ0n) is 44.1. The molecule has 0 amide bonds. The quantitative estimate of drug-likeness (QED) is 0.0344. The first kappa shape index (κ1) is 62.4. The van der Waals surface area contributed by atoms with Gasteiger partial charge in [0, 0.05) is 19.3 Å². The summed E-state index contributed by atoms with van der Waals surface area (Å²) in [4.78, 5) is 38.1. The van der Waals surface area contributed by atoms with Crippen LogP contribution in [0.25, 0.3) is 0 Å². The van der Waals surface area contributed by atoms with Crippen LogP contribution in [0.5, 0.6) is 0 Å². The molecule has 0 aliphatic heterocycles. The van der Waals surface area contributed by atoms with Crippen molar-refractivity contribution in [2.45, 2.75) is 324 Å². The van der Waals surface area contributed by atoms with E-state index in [9.17, 15) is 14.4 Å². The zero-order valence-corrected chi connectivity index (χ0v) is 44.1. The summed E-state index contributed by atoms with van der Waals surface area (Å²) in [7, 11) is 0. The molecule has 3 unspecified atom stereocenters. The number of hydrogen-bond acceptors (Lipinski definition) is 6. The van der Waals surface area contributed by atoms with Crippen LogP contribution >= 0.6 is 0 Å². The molecule has 0 aliphatic rings. The maximum atomic E-state index is 12.8. The van der Waals surface area contributed by atoms with Crippen LogP contribution in [-0.2, 0) is 28.6 Å².